The van der Waals surface area contributed by atoms with Gasteiger partial charge in [-0.3, -0.25) is 4.79 Å². The normalized spacial score (nSPS) is 23.0. The minimum atomic E-state index is -0.594. The fourth-order valence-corrected chi connectivity index (χ4v) is 7.30. The quantitative estimate of drug-likeness (QED) is 0.284. The Morgan fingerprint density at radius 2 is 1.77 bits per heavy atom. The molecule has 44 heavy (non-hydrogen) atoms. The van der Waals surface area contributed by atoms with Crippen molar-refractivity contribution in [1.29, 1.82) is 0 Å². The number of fused-ring (bicyclic) bond motifs is 2. The summed E-state index contributed by atoms with van der Waals surface area (Å²) in [6.07, 6.45) is 5.54. The second-order valence-electron chi connectivity index (χ2n) is 14.1. The number of nitrogens with one attached hydrogen (secondary N) is 2. The van der Waals surface area contributed by atoms with Crippen molar-refractivity contribution < 1.29 is 14.3 Å². The molecule has 6 rings (SSSR count). The summed E-state index contributed by atoms with van der Waals surface area (Å²) in [7, 11) is 1.99. The number of alkyl carbamates (subject to hydrolysis) is 1. The molecule has 1 aromatic heterocycles. The number of anilines is 1. The highest BCUT2D eigenvalue weighted by molar-refractivity contribution is 6.36. The van der Waals surface area contributed by atoms with Gasteiger partial charge in [0.05, 0.1) is 27.3 Å². The molecule has 3 fully saturated rings. The van der Waals surface area contributed by atoms with Crippen molar-refractivity contribution in [3.63, 3.8) is 0 Å². The first-order chi connectivity index (χ1) is 20.9. The minimum Gasteiger partial charge on any atom is -0.444 e. The van der Waals surface area contributed by atoms with Crippen LogP contribution in [-0.2, 0) is 24.8 Å². The largest absolute Gasteiger partial charge is 0.444 e. The maximum absolute atomic E-state index is 13.8. The van der Waals surface area contributed by atoms with Gasteiger partial charge in [0.15, 0.2) is 0 Å². The summed E-state index contributed by atoms with van der Waals surface area (Å²) in [6.45, 7) is 9.95. The highest BCUT2D eigenvalue weighted by atomic mass is 35.5. The number of nitrogens with zero attached hydrogens (tertiary/aromatic N) is 3. The van der Waals surface area contributed by atoms with Gasteiger partial charge in [0, 0.05) is 44.2 Å². The topological polar surface area (TPSA) is 88.5 Å². The molecule has 0 radical (unpaired) electrons. The number of amides is 2. The molecule has 2 aliphatic carbocycles. The lowest BCUT2D eigenvalue weighted by atomic mass is 9.87. The van der Waals surface area contributed by atoms with E-state index in [0.29, 0.717) is 22.0 Å². The van der Waals surface area contributed by atoms with Crippen LogP contribution in [-0.4, -0.2) is 46.3 Å². The Bertz CT molecular complexity index is 1580. The molecule has 2 unspecified atom stereocenters. The first kappa shape index (κ1) is 31.0. The minimum absolute atomic E-state index is 0.00879. The van der Waals surface area contributed by atoms with E-state index in [4.69, 9.17) is 32.9 Å². The lowest BCUT2D eigenvalue weighted by molar-refractivity contribution is 0.0523. The van der Waals surface area contributed by atoms with Gasteiger partial charge in [-0.1, -0.05) is 36.2 Å². The molecule has 0 spiro atoms. The average molecular weight is 641 g/mol. The maximum Gasteiger partial charge on any atom is 0.407 e. The van der Waals surface area contributed by atoms with Crippen molar-refractivity contribution in [2.24, 2.45) is 24.8 Å². The Morgan fingerprint density at radius 1 is 1.07 bits per heavy atom. The van der Waals surface area contributed by atoms with Crippen molar-refractivity contribution in [2.75, 3.05) is 18.0 Å². The summed E-state index contributed by atoms with van der Waals surface area (Å²) in [5.41, 5.74) is 4.31. The van der Waals surface area contributed by atoms with Crippen LogP contribution in [0.2, 0.25) is 10.0 Å². The Morgan fingerprint density at radius 3 is 2.45 bits per heavy atom. The van der Waals surface area contributed by atoms with Crippen molar-refractivity contribution in [1.82, 2.24) is 20.2 Å². The third kappa shape index (κ3) is 6.66. The Hall–Kier alpha value is -2.97. The number of piperidine rings is 1. The van der Waals surface area contributed by atoms with Gasteiger partial charge in [0.1, 0.15) is 11.4 Å². The van der Waals surface area contributed by atoms with E-state index in [9.17, 15) is 9.59 Å². The zero-order valence-electron chi connectivity index (χ0n) is 26.3. The van der Waals surface area contributed by atoms with E-state index in [1.165, 1.54) is 6.42 Å². The SMILES string of the molecule is CC1CCC(NC(=O)c2cc3nc(Cc4c(Cl)ccc(CNC(=O)OC(C)(C)C)c4Cl)n(C)c3cc2N2CC3CC3C2)CC1. The predicted molar refractivity (Wildman–Crippen MR) is 176 cm³/mol. The summed E-state index contributed by atoms with van der Waals surface area (Å²) in [5.74, 6) is 2.98. The van der Waals surface area contributed by atoms with Crippen LogP contribution in [0.3, 0.4) is 0 Å². The zero-order valence-corrected chi connectivity index (χ0v) is 27.8. The fourth-order valence-electron chi connectivity index (χ4n) is 6.73. The van der Waals surface area contributed by atoms with Gasteiger partial charge < -0.3 is 24.8 Å². The van der Waals surface area contributed by atoms with Crippen LogP contribution in [0.25, 0.3) is 11.0 Å². The van der Waals surface area contributed by atoms with Crippen molar-refractivity contribution >= 4 is 51.9 Å². The van der Waals surface area contributed by atoms with Crippen molar-refractivity contribution in [3.8, 4) is 0 Å². The number of halogens is 2. The first-order valence-electron chi connectivity index (χ1n) is 15.8. The Balaban J connectivity index is 1.28. The second kappa shape index (κ2) is 12.1. The molecule has 2 saturated carbocycles. The van der Waals surface area contributed by atoms with Gasteiger partial charge in [-0.05, 0) is 100.0 Å². The summed E-state index contributed by atoms with van der Waals surface area (Å²) >= 11 is 13.5. The standard InChI is InChI=1S/C34H43Cl2N5O3/c1-19-6-9-23(10-7-19)38-32(42)25-13-27-29(15-28(25)41-17-21-12-22(21)18-41)40(5)30(39-27)14-24-26(35)11-8-20(31(24)36)16-37-33(43)44-34(2,3)4/h8,11,13,15,19,21-23H,6-7,9-10,12,14,16-18H2,1-5H3,(H,37,43)(H,38,42). The number of rotatable bonds is 7. The predicted octanol–water partition coefficient (Wildman–Crippen LogP) is 7.26. The average Bonchev–Trinajstić information content (AvgIpc) is 3.44. The van der Waals surface area contributed by atoms with E-state index in [1.807, 2.05) is 40.0 Å². The number of aromatic nitrogens is 2. The number of aryl methyl sites for hydroxylation is 1. The number of hydrogen-bond donors (Lipinski definition) is 2. The number of hydrogen-bond acceptors (Lipinski definition) is 5. The van der Waals surface area contributed by atoms with E-state index >= 15 is 0 Å². The zero-order chi connectivity index (χ0) is 31.3. The molecule has 0 bridgehead atoms. The molecule has 236 valence electrons. The fraction of sp³-hybridized carbons (Fsp3) is 0.559. The third-order valence-electron chi connectivity index (χ3n) is 9.43. The first-order valence-corrected chi connectivity index (χ1v) is 16.6. The van der Waals surface area contributed by atoms with Gasteiger partial charge >= 0.3 is 6.09 Å². The van der Waals surface area contributed by atoms with Crippen LogP contribution in [0.1, 0.15) is 87.1 Å². The van der Waals surface area contributed by atoms with E-state index in [2.05, 4.69) is 33.1 Å². The molecule has 2 heterocycles. The van der Waals surface area contributed by atoms with Crippen LogP contribution < -0.4 is 15.5 Å². The third-order valence-corrected chi connectivity index (χ3v) is 10.3. The summed E-state index contributed by atoms with van der Waals surface area (Å²) in [5, 5.41) is 7.14. The van der Waals surface area contributed by atoms with Crippen molar-refractivity contribution in [2.45, 2.75) is 84.4 Å². The summed E-state index contributed by atoms with van der Waals surface area (Å²) in [4.78, 5) is 33.4. The molecule has 1 aliphatic heterocycles. The Labute approximate surface area is 269 Å². The lowest BCUT2D eigenvalue weighted by Gasteiger charge is -2.28. The molecule has 3 aliphatic rings. The van der Waals surface area contributed by atoms with Crippen LogP contribution in [0.4, 0.5) is 10.5 Å². The maximum atomic E-state index is 13.8. The van der Waals surface area contributed by atoms with E-state index in [1.54, 1.807) is 6.07 Å². The van der Waals surface area contributed by atoms with E-state index in [0.717, 1.165) is 90.2 Å². The number of carbonyl (C=O) groups is 2. The molecule has 2 amide bonds. The second-order valence-corrected chi connectivity index (χ2v) is 14.9. The lowest BCUT2D eigenvalue weighted by Crippen LogP contribution is -2.38. The highest BCUT2D eigenvalue weighted by Crippen LogP contribution is 2.47. The highest BCUT2D eigenvalue weighted by Gasteiger charge is 2.46. The summed E-state index contributed by atoms with van der Waals surface area (Å²) in [6, 6.07) is 7.92. The van der Waals surface area contributed by atoms with Crippen molar-refractivity contribution in [3.05, 3.63) is 56.8 Å². The smallest absolute Gasteiger partial charge is 0.407 e. The number of ether oxygens (including phenoxy) is 1. The number of imidazole rings is 1. The molecule has 2 atom stereocenters. The van der Waals surface area contributed by atoms with Gasteiger partial charge in [-0.25, -0.2) is 9.78 Å². The van der Waals surface area contributed by atoms with Gasteiger partial charge in [0.2, 0.25) is 0 Å². The molecule has 2 N–H and O–H groups in total. The number of carbonyl (C=O) groups excluding carboxylic acids is 2. The van der Waals surface area contributed by atoms with E-state index < -0.39 is 11.7 Å². The van der Waals surface area contributed by atoms with E-state index in [-0.39, 0.29) is 18.5 Å². The summed E-state index contributed by atoms with van der Waals surface area (Å²) < 4.78 is 7.43. The van der Waals surface area contributed by atoms with Crippen LogP contribution in [0.15, 0.2) is 24.3 Å². The molecule has 10 heteroatoms. The molecule has 2 aromatic carbocycles. The van der Waals surface area contributed by atoms with Crippen LogP contribution in [0.5, 0.6) is 0 Å². The monoisotopic (exact) mass is 639 g/mol. The molecule has 3 aromatic rings. The number of benzene rings is 2. The molecular weight excluding hydrogens is 597 g/mol. The van der Waals surface area contributed by atoms with Gasteiger partial charge in [-0.15, -0.1) is 0 Å². The molecule has 8 nitrogen and oxygen atoms in total. The van der Waals surface area contributed by atoms with Crippen LogP contribution >= 0.6 is 23.2 Å². The van der Waals surface area contributed by atoms with Gasteiger partial charge in [-0.2, -0.15) is 0 Å². The van der Waals surface area contributed by atoms with Gasteiger partial charge in [0.25, 0.3) is 5.91 Å². The molecule has 1 saturated heterocycles. The Kier molecular flexibility index (Phi) is 8.52. The van der Waals surface area contributed by atoms with Crippen LogP contribution in [0, 0.1) is 17.8 Å². The molecular formula is C34H43Cl2N5O3.